The van der Waals surface area contributed by atoms with Crippen molar-refractivity contribution in [2.75, 3.05) is 0 Å². The van der Waals surface area contributed by atoms with Crippen LogP contribution in [0.15, 0.2) is 44.5 Å². The summed E-state index contributed by atoms with van der Waals surface area (Å²) in [6.07, 6.45) is 12.5. The molecule has 0 aromatic rings. The summed E-state index contributed by atoms with van der Waals surface area (Å²) in [6.45, 7) is 27.4. The van der Waals surface area contributed by atoms with Gasteiger partial charge >= 0.3 is 194 Å². The molecule has 169 valence electrons. The van der Waals surface area contributed by atoms with Crippen molar-refractivity contribution in [3.8, 4) is 0 Å². The Morgan fingerprint density at radius 1 is 0.933 bits per heavy atom. The third-order valence-corrected chi connectivity index (χ3v) is 18.2. The first kappa shape index (κ1) is 31.0. The summed E-state index contributed by atoms with van der Waals surface area (Å²) in [7, 11) is -3.13. The van der Waals surface area contributed by atoms with Crippen molar-refractivity contribution in [1.29, 1.82) is 0 Å². The molecule has 0 aliphatic heterocycles. The minimum absolute atomic E-state index is 0. The van der Waals surface area contributed by atoms with Crippen LogP contribution in [0.4, 0.5) is 0 Å². The molecule has 30 heavy (non-hydrogen) atoms. The van der Waals surface area contributed by atoms with E-state index in [1.165, 1.54) is 12.0 Å². The fraction of sp³-hybridized carbons (Fsp3) is 0.667. The zero-order chi connectivity index (χ0) is 21.8. The first-order valence-corrected chi connectivity index (χ1v) is 19.5. The van der Waals surface area contributed by atoms with Crippen molar-refractivity contribution in [3.05, 3.63) is 44.5 Å². The zero-order valence-corrected chi connectivity index (χ0v) is 26.8. The average molecular weight is 537 g/mol. The molecule has 0 nitrogen and oxygen atoms in total. The maximum Gasteiger partial charge on any atom is -1.00 e. The first-order valence-electron chi connectivity index (χ1n) is 10.7. The van der Waals surface area contributed by atoms with Gasteiger partial charge in [0, 0.05) is 0 Å². The third-order valence-electron chi connectivity index (χ3n) is 6.11. The number of allylic oxidation sites excluding steroid dienone is 7. The average Bonchev–Trinajstić information content (AvgIpc) is 2.90. The molecule has 2 aliphatic rings. The molecule has 0 N–H and O–H groups in total. The molecule has 0 spiro atoms. The summed E-state index contributed by atoms with van der Waals surface area (Å²) >= 11 is 4.76. The molecule has 2 aliphatic carbocycles. The maximum atomic E-state index is 2.66. The Bertz CT molecular complexity index is 760. The van der Waals surface area contributed by atoms with Gasteiger partial charge in [0.25, 0.3) is 0 Å². The van der Waals surface area contributed by atoms with Gasteiger partial charge in [-0.05, 0) is 0 Å². The van der Waals surface area contributed by atoms with E-state index in [0.717, 1.165) is 6.42 Å². The fourth-order valence-corrected chi connectivity index (χ4v) is 21.8. The Labute approximate surface area is 217 Å². The van der Waals surface area contributed by atoms with E-state index in [-0.39, 0.29) is 40.0 Å². The molecule has 0 heterocycles. The van der Waals surface area contributed by atoms with Crippen molar-refractivity contribution in [1.82, 2.24) is 0 Å². The summed E-state index contributed by atoms with van der Waals surface area (Å²) < 4.78 is 1.86. The van der Waals surface area contributed by atoms with E-state index in [1.807, 2.05) is 0 Å². The third kappa shape index (κ3) is 6.33. The first-order chi connectivity index (χ1) is 12.4. The molecule has 2 rings (SSSR count). The molecule has 0 bridgehead atoms. The Hall–Kier alpha value is 1.04. The maximum absolute atomic E-state index is 2.66. The van der Waals surface area contributed by atoms with Gasteiger partial charge in [0.1, 0.15) is 0 Å². The number of halogens is 2. The van der Waals surface area contributed by atoms with Crippen LogP contribution in [0.5, 0.6) is 0 Å². The van der Waals surface area contributed by atoms with Crippen LogP contribution in [0.1, 0.15) is 54.4 Å². The van der Waals surface area contributed by atoms with Crippen LogP contribution >= 0.6 is 11.2 Å². The van der Waals surface area contributed by atoms with Gasteiger partial charge in [-0.2, -0.15) is 0 Å². The molecule has 0 saturated heterocycles. The molecule has 0 aromatic carbocycles. The quantitative estimate of drug-likeness (QED) is 0.497. The topological polar surface area (TPSA) is 0 Å². The van der Waals surface area contributed by atoms with Crippen molar-refractivity contribution in [2.45, 2.75) is 91.5 Å². The van der Waals surface area contributed by atoms with Crippen molar-refractivity contribution >= 4 is 26.5 Å². The molecule has 1 atom stereocenters. The van der Waals surface area contributed by atoms with Gasteiger partial charge in [-0.3, -0.25) is 0 Å². The number of hydrogen-bond acceptors (Lipinski definition) is 1. The Kier molecular flexibility index (Phi) is 10.5. The SMILES string of the molecule is CC(C)(C)C1=CCC(S[Si](C)(C)C)([Si](C)(C)C2=[C]([Ti+2])CC=C2)C(C(C)(C)C)=C1.[Cl-].[Cl-]. The second-order valence-electron chi connectivity index (χ2n) is 12.1. The molecular formula is C24H41Cl2SSi2Ti. The Morgan fingerprint density at radius 2 is 1.47 bits per heavy atom. The van der Waals surface area contributed by atoms with Crippen LogP contribution in [0.25, 0.3) is 0 Å². The van der Waals surface area contributed by atoms with Gasteiger partial charge in [0.2, 0.25) is 0 Å². The predicted octanol–water partition coefficient (Wildman–Crippen LogP) is 2.20. The minimum Gasteiger partial charge on any atom is -1.00 e. The smallest absolute Gasteiger partial charge is 1.00 e. The molecule has 6 heteroatoms. The molecule has 0 radical (unpaired) electrons. The monoisotopic (exact) mass is 535 g/mol. The minimum atomic E-state index is -1.78. The van der Waals surface area contributed by atoms with Crippen LogP contribution in [-0.2, 0) is 20.4 Å². The molecule has 1 unspecified atom stereocenters. The standard InChI is InChI=1S/C24H41SSi2.2ClH.Ti/c1-22(2,3)19-16-17-24(25-26(7,8)9,21(18-19)23(4,5)6)27(10,11)20-14-12-13-15-20;;;/h12,14,16,18H,13,17H2,1-11H3;2*1H;/q;;;+2/p-2. The fourth-order valence-electron chi connectivity index (χ4n) is 4.69. The summed E-state index contributed by atoms with van der Waals surface area (Å²) in [6, 6.07) is 0. The number of hydrogen-bond donors (Lipinski definition) is 0. The molecule has 0 aromatic heterocycles. The second-order valence-corrected chi connectivity index (χ2v) is 27.4. The van der Waals surface area contributed by atoms with E-state index in [0.29, 0.717) is 0 Å². The molecule has 0 fully saturated rings. The van der Waals surface area contributed by atoms with E-state index in [1.54, 1.807) is 14.6 Å². The largest absolute Gasteiger partial charge is 1.00 e. The van der Waals surface area contributed by atoms with Crippen LogP contribution in [-0.4, -0.2) is 19.7 Å². The number of rotatable bonds is 4. The van der Waals surface area contributed by atoms with Gasteiger partial charge in [0.15, 0.2) is 0 Å². The van der Waals surface area contributed by atoms with Crippen LogP contribution in [0.2, 0.25) is 32.7 Å². The van der Waals surface area contributed by atoms with Gasteiger partial charge in [-0.15, -0.1) is 0 Å². The Balaban J connectivity index is 0.00000420. The molecule has 0 amide bonds. The van der Waals surface area contributed by atoms with Gasteiger partial charge < -0.3 is 24.8 Å². The van der Waals surface area contributed by atoms with Gasteiger partial charge in [-0.25, -0.2) is 0 Å². The van der Waals surface area contributed by atoms with Crippen LogP contribution in [0, 0.1) is 10.8 Å². The van der Waals surface area contributed by atoms with Crippen LogP contribution in [0.3, 0.4) is 0 Å². The normalized spacial score (nSPS) is 23.0. The van der Waals surface area contributed by atoms with E-state index in [4.69, 9.17) is 0 Å². The molecular weight excluding hydrogens is 495 g/mol. The summed E-state index contributed by atoms with van der Waals surface area (Å²) in [5.74, 6) is 0. The predicted molar refractivity (Wildman–Crippen MR) is 132 cm³/mol. The van der Waals surface area contributed by atoms with Crippen LogP contribution < -0.4 is 24.8 Å². The van der Waals surface area contributed by atoms with Crippen molar-refractivity contribution in [2.24, 2.45) is 10.8 Å². The van der Waals surface area contributed by atoms with E-state index < -0.39 is 15.3 Å². The summed E-state index contributed by atoms with van der Waals surface area (Å²) in [5, 5.41) is 1.71. The Morgan fingerprint density at radius 3 is 1.83 bits per heavy atom. The van der Waals surface area contributed by atoms with E-state index in [2.05, 4.69) is 130 Å². The van der Waals surface area contributed by atoms with E-state index in [9.17, 15) is 0 Å². The molecule has 0 saturated carbocycles. The van der Waals surface area contributed by atoms with E-state index >= 15 is 0 Å². The second kappa shape index (κ2) is 10.1. The summed E-state index contributed by atoms with van der Waals surface area (Å²) in [5.41, 5.74) is 3.62. The van der Waals surface area contributed by atoms with Gasteiger partial charge in [-0.1, -0.05) is 0 Å². The summed E-state index contributed by atoms with van der Waals surface area (Å²) in [4.78, 5) is 0. The van der Waals surface area contributed by atoms with Crippen molar-refractivity contribution in [3.63, 3.8) is 0 Å². The zero-order valence-electron chi connectivity index (χ0n) is 20.9. The van der Waals surface area contributed by atoms with Gasteiger partial charge in [0.05, 0.1) is 0 Å². The van der Waals surface area contributed by atoms with Crippen molar-refractivity contribution < 1.29 is 45.2 Å².